The van der Waals surface area contributed by atoms with E-state index in [1.165, 1.54) is 0 Å². The molecule has 2 rings (SSSR count). The summed E-state index contributed by atoms with van der Waals surface area (Å²) in [6.45, 7) is 5.40. The van der Waals surface area contributed by atoms with Crippen LogP contribution in [0.5, 0.6) is 5.75 Å². The number of unbranched alkanes of at least 4 members (excludes halogenated alkanes) is 1. The molecule has 0 spiro atoms. The molecule has 0 radical (unpaired) electrons. The highest BCUT2D eigenvalue weighted by Crippen LogP contribution is 2.13. The Morgan fingerprint density at radius 2 is 1.83 bits per heavy atom. The second-order valence-electron chi connectivity index (χ2n) is 7.52. The van der Waals surface area contributed by atoms with Crippen molar-refractivity contribution in [2.75, 3.05) is 46.4 Å². The lowest BCUT2D eigenvalue weighted by Gasteiger charge is -2.21. The summed E-state index contributed by atoms with van der Waals surface area (Å²) in [6.07, 6.45) is 3.83. The number of urea groups is 1. The molecule has 0 aliphatic carbocycles. The predicted octanol–water partition coefficient (Wildman–Crippen LogP) is 1.79. The van der Waals surface area contributed by atoms with Crippen molar-refractivity contribution in [3.8, 4) is 5.75 Å². The van der Waals surface area contributed by atoms with E-state index < -0.39 is 6.03 Å². The monoisotopic (exact) mass is 418 g/mol. The van der Waals surface area contributed by atoms with Gasteiger partial charge in [-0.15, -0.1) is 0 Å². The molecule has 2 N–H and O–H groups in total. The molecule has 1 aromatic rings. The molecule has 1 fully saturated rings. The standard InChI is InChI=1S/C22H34N4O4/c1-3-4-12-23-22(29)24-20(27)17-25-13-5-14-26(16-15-25)21(28)11-8-18-6-9-19(30-2)10-7-18/h6-7,9-10H,3-5,8,11-17H2,1-2H3,(H2,23,24,27,29). The fraction of sp³-hybridized carbons (Fsp3) is 0.591. The summed E-state index contributed by atoms with van der Waals surface area (Å²) in [5, 5.41) is 5.04. The van der Waals surface area contributed by atoms with Crippen molar-refractivity contribution >= 4 is 17.8 Å². The molecule has 0 aromatic heterocycles. The average Bonchev–Trinajstić information content (AvgIpc) is 2.98. The van der Waals surface area contributed by atoms with Crippen molar-refractivity contribution in [1.82, 2.24) is 20.4 Å². The molecule has 166 valence electrons. The van der Waals surface area contributed by atoms with Crippen LogP contribution in [0.15, 0.2) is 24.3 Å². The second-order valence-corrected chi connectivity index (χ2v) is 7.52. The van der Waals surface area contributed by atoms with Crippen LogP contribution < -0.4 is 15.4 Å². The number of benzene rings is 1. The zero-order valence-corrected chi connectivity index (χ0v) is 18.1. The molecule has 1 heterocycles. The van der Waals surface area contributed by atoms with Gasteiger partial charge in [0.25, 0.3) is 0 Å². The van der Waals surface area contributed by atoms with E-state index in [1.807, 2.05) is 41.0 Å². The zero-order chi connectivity index (χ0) is 21.8. The maximum absolute atomic E-state index is 12.6. The normalized spacial score (nSPS) is 14.7. The number of rotatable bonds is 9. The maximum atomic E-state index is 12.6. The Morgan fingerprint density at radius 1 is 1.07 bits per heavy atom. The molecular formula is C22H34N4O4. The van der Waals surface area contributed by atoms with E-state index in [0.717, 1.165) is 37.1 Å². The first-order chi connectivity index (χ1) is 14.5. The van der Waals surface area contributed by atoms with Crippen molar-refractivity contribution in [3.63, 3.8) is 0 Å². The lowest BCUT2D eigenvalue weighted by molar-refractivity contribution is -0.131. The average molecular weight is 419 g/mol. The van der Waals surface area contributed by atoms with Gasteiger partial charge in [-0.05, 0) is 37.0 Å². The van der Waals surface area contributed by atoms with Crippen LogP contribution >= 0.6 is 0 Å². The van der Waals surface area contributed by atoms with Crippen LogP contribution in [0.1, 0.15) is 38.2 Å². The second kappa shape index (κ2) is 12.8. The minimum absolute atomic E-state index is 0.132. The van der Waals surface area contributed by atoms with Gasteiger partial charge in [-0.2, -0.15) is 0 Å². The van der Waals surface area contributed by atoms with Gasteiger partial charge in [0.1, 0.15) is 5.75 Å². The molecule has 0 bridgehead atoms. The van der Waals surface area contributed by atoms with Gasteiger partial charge in [-0.25, -0.2) is 4.79 Å². The Kier molecular flexibility index (Phi) is 10.1. The predicted molar refractivity (Wildman–Crippen MR) is 115 cm³/mol. The molecule has 4 amide bonds. The van der Waals surface area contributed by atoms with Crippen molar-refractivity contribution in [2.24, 2.45) is 0 Å². The molecule has 1 aliphatic rings. The number of carbonyl (C=O) groups is 3. The molecule has 1 saturated heterocycles. The zero-order valence-electron chi connectivity index (χ0n) is 18.1. The molecule has 1 aliphatic heterocycles. The van der Waals surface area contributed by atoms with Crippen LogP contribution in [0, 0.1) is 0 Å². The van der Waals surface area contributed by atoms with Crippen molar-refractivity contribution in [3.05, 3.63) is 29.8 Å². The van der Waals surface area contributed by atoms with E-state index in [2.05, 4.69) is 10.6 Å². The summed E-state index contributed by atoms with van der Waals surface area (Å²) in [5.74, 6) is 0.621. The third-order valence-electron chi connectivity index (χ3n) is 5.16. The summed E-state index contributed by atoms with van der Waals surface area (Å²) in [4.78, 5) is 40.2. The van der Waals surface area contributed by atoms with Gasteiger partial charge in [-0.1, -0.05) is 25.5 Å². The van der Waals surface area contributed by atoms with E-state index in [9.17, 15) is 14.4 Å². The molecule has 0 unspecified atom stereocenters. The number of carbonyl (C=O) groups excluding carboxylic acids is 3. The summed E-state index contributed by atoms with van der Waals surface area (Å²) in [7, 11) is 1.63. The van der Waals surface area contributed by atoms with Gasteiger partial charge in [0.2, 0.25) is 11.8 Å². The fourth-order valence-corrected chi connectivity index (χ4v) is 3.37. The minimum Gasteiger partial charge on any atom is -0.497 e. The number of ether oxygens (including phenoxy) is 1. The number of nitrogens with one attached hydrogen (secondary N) is 2. The van der Waals surface area contributed by atoms with E-state index in [-0.39, 0.29) is 18.4 Å². The van der Waals surface area contributed by atoms with Gasteiger partial charge in [0, 0.05) is 39.1 Å². The van der Waals surface area contributed by atoms with E-state index in [4.69, 9.17) is 4.74 Å². The molecule has 0 saturated carbocycles. The number of methoxy groups -OCH3 is 1. The largest absolute Gasteiger partial charge is 0.497 e. The Hall–Kier alpha value is -2.61. The Labute approximate surface area is 178 Å². The van der Waals surface area contributed by atoms with E-state index in [1.54, 1.807) is 7.11 Å². The molecule has 8 heteroatoms. The smallest absolute Gasteiger partial charge is 0.321 e. The summed E-state index contributed by atoms with van der Waals surface area (Å²) in [6, 6.07) is 7.32. The van der Waals surface area contributed by atoms with Gasteiger partial charge >= 0.3 is 6.03 Å². The van der Waals surface area contributed by atoms with Crippen LogP contribution in [0.25, 0.3) is 0 Å². The van der Waals surface area contributed by atoms with Crippen LogP contribution in [0.3, 0.4) is 0 Å². The van der Waals surface area contributed by atoms with Crippen LogP contribution in [0.4, 0.5) is 4.79 Å². The van der Waals surface area contributed by atoms with E-state index in [0.29, 0.717) is 39.0 Å². The van der Waals surface area contributed by atoms with Gasteiger partial charge in [0.05, 0.1) is 13.7 Å². The molecule has 0 atom stereocenters. The first-order valence-corrected chi connectivity index (χ1v) is 10.7. The number of nitrogens with zero attached hydrogens (tertiary/aromatic N) is 2. The number of imide groups is 1. The van der Waals surface area contributed by atoms with Crippen molar-refractivity contribution < 1.29 is 19.1 Å². The van der Waals surface area contributed by atoms with Crippen LogP contribution in [-0.2, 0) is 16.0 Å². The highest BCUT2D eigenvalue weighted by Gasteiger charge is 2.21. The van der Waals surface area contributed by atoms with Crippen molar-refractivity contribution in [1.29, 1.82) is 0 Å². The quantitative estimate of drug-likeness (QED) is 0.597. The fourth-order valence-electron chi connectivity index (χ4n) is 3.37. The number of aryl methyl sites for hydroxylation is 1. The van der Waals surface area contributed by atoms with Crippen molar-refractivity contribution in [2.45, 2.75) is 39.0 Å². The van der Waals surface area contributed by atoms with Gasteiger partial charge in [-0.3, -0.25) is 19.8 Å². The lowest BCUT2D eigenvalue weighted by Crippen LogP contribution is -2.45. The lowest BCUT2D eigenvalue weighted by atomic mass is 10.1. The highest BCUT2D eigenvalue weighted by atomic mass is 16.5. The summed E-state index contributed by atoms with van der Waals surface area (Å²) >= 11 is 0. The first-order valence-electron chi connectivity index (χ1n) is 10.7. The Bertz CT molecular complexity index is 693. The maximum Gasteiger partial charge on any atom is 0.321 e. The molecule has 30 heavy (non-hydrogen) atoms. The Balaban J connectivity index is 1.70. The van der Waals surface area contributed by atoms with Gasteiger partial charge < -0.3 is 15.0 Å². The molecule has 1 aromatic carbocycles. The minimum atomic E-state index is -0.446. The SMILES string of the molecule is CCCCNC(=O)NC(=O)CN1CCCN(C(=O)CCc2ccc(OC)cc2)CC1. The third kappa shape index (κ3) is 8.41. The Morgan fingerprint density at radius 3 is 2.53 bits per heavy atom. The number of amides is 4. The third-order valence-corrected chi connectivity index (χ3v) is 5.16. The topological polar surface area (TPSA) is 91.0 Å². The summed E-state index contributed by atoms with van der Waals surface area (Å²) < 4.78 is 5.15. The molecular weight excluding hydrogens is 384 g/mol. The summed E-state index contributed by atoms with van der Waals surface area (Å²) in [5.41, 5.74) is 1.11. The van der Waals surface area contributed by atoms with Crippen LogP contribution in [0.2, 0.25) is 0 Å². The van der Waals surface area contributed by atoms with Crippen LogP contribution in [-0.4, -0.2) is 74.0 Å². The first kappa shape index (κ1) is 23.7. The number of hydrogen-bond acceptors (Lipinski definition) is 5. The van der Waals surface area contributed by atoms with Gasteiger partial charge in [0.15, 0.2) is 0 Å². The van der Waals surface area contributed by atoms with E-state index >= 15 is 0 Å². The molecule has 8 nitrogen and oxygen atoms in total. The number of hydrogen-bond donors (Lipinski definition) is 2. The highest BCUT2D eigenvalue weighted by molar-refractivity contribution is 5.95.